The Morgan fingerprint density at radius 1 is 1.45 bits per heavy atom. The van der Waals surface area contributed by atoms with E-state index in [4.69, 9.17) is 9.84 Å². The molecule has 0 atom stereocenters. The fourth-order valence-corrected chi connectivity index (χ4v) is 2.47. The molecule has 0 aliphatic heterocycles. The van der Waals surface area contributed by atoms with Crippen LogP contribution in [-0.2, 0) is 11.3 Å². The van der Waals surface area contributed by atoms with Crippen molar-refractivity contribution in [3.63, 3.8) is 0 Å². The standard InChI is InChI=1S/C16H17BrN2O3/c1-10-16(17)11(2)19(18-10)9-13-8-12(5-7-15(20)21)4-6-14(13)22-3/h4-8H,9H2,1-3H3,(H,20,21)/b7-5+. The Morgan fingerprint density at radius 2 is 2.18 bits per heavy atom. The van der Waals surface area contributed by atoms with E-state index in [0.717, 1.165) is 38.8 Å². The van der Waals surface area contributed by atoms with Gasteiger partial charge in [0, 0.05) is 11.6 Å². The largest absolute Gasteiger partial charge is 0.496 e. The number of benzene rings is 1. The molecular formula is C16H17BrN2O3. The molecule has 22 heavy (non-hydrogen) atoms. The van der Waals surface area contributed by atoms with Gasteiger partial charge >= 0.3 is 5.97 Å². The third-order valence-electron chi connectivity index (χ3n) is 3.34. The fourth-order valence-electron chi connectivity index (χ4n) is 2.18. The lowest BCUT2D eigenvalue weighted by Crippen LogP contribution is -2.06. The van der Waals surface area contributed by atoms with Crippen LogP contribution in [0.15, 0.2) is 28.7 Å². The van der Waals surface area contributed by atoms with Crippen LogP contribution in [0.2, 0.25) is 0 Å². The minimum absolute atomic E-state index is 0.552. The van der Waals surface area contributed by atoms with Gasteiger partial charge in [0.05, 0.1) is 29.5 Å². The van der Waals surface area contributed by atoms with E-state index in [0.29, 0.717) is 6.54 Å². The topological polar surface area (TPSA) is 64.3 Å². The minimum atomic E-state index is -0.972. The van der Waals surface area contributed by atoms with Crippen molar-refractivity contribution < 1.29 is 14.6 Å². The minimum Gasteiger partial charge on any atom is -0.496 e. The summed E-state index contributed by atoms with van der Waals surface area (Å²) in [6.45, 7) is 4.48. The smallest absolute Gasteiger partial charge is 0.328 e. The molecule has 0 unspecified atom stereocenters. The van der Waals surface area contributed by atoms with Crippen LogP contribution in [-0.4, -0.2) is 28.0 Å². The number of carbonyl (C=O) groups is 1. The van der Waals surface area contributed by atoms with Crippen LogP contribution < -0.4 is 4.74 Å². The second-order valence-corrected chi connectivity index (χ2v) is 5.68. The van der Waals surface area contributed by atoms with E-state index in [1.54, 1.807) is 13.2 Å². The van der Waals surface area contributed by atoms with E-state index in [2.05, 4.69) is 21.0 Å². The Bertz CT molecular complexity index is 735. The number of methoxy groups -OCH3 is 1. The van der Waals surface area contributed by atoms with E-state index >= 15 is 0 Å². The van der Waals surface area contributed by atoms with Crippen molar-refractivity contribution >= 4 is 28.0 Å². The number of halogens is 1. The van der Waals surface area contributed by atoms with E-state index < -0.39 is 5.97 Å². The van der Waals surface area contributed by atoms with Gasteiger partial charge in [-0.3, -0.25) is 4.68 Å². The van der Waals surface area contributed by atoms with Crippen LogP contribution in [0.1, 0.15) is 22.5 Å². The average Bonchev–Trinajstić information content (AvgIpc) is 2.72. The van der Waals surface area contributed by atoms with Crippen LogP contribution in [0.4, 0.5) is 0 Å². The molecule has 5 nitrogen and oxygen atoms in total. The number of aliphatic carboxylic acids is 1. The molecule has 0 aliphatic carbocycles. The summed E-state index contributed by atoms with van der Waals surface area (Å²) in [6, 6.07) is 5.55. The summed E-state index contributed by atoms with van der Waals surface area (Å²) in [5.74, 6) is -0.226. The Labute approximate surface area is 137 Å². The quantitative estimate of drug-likeness (QED) is 0.825. The van der Waals surface area contributed by atoms with Crippen molar-refractivity contribution in [2.45, 2.75) is 20.4 Å². The molecule has 0 aliphatic rings. The van der Waals surface area contributed by atoms with E-state index in [1.165, 1.54) is 0 Å². The Kier molecular flexibility index (Phi) is 5.03. The summed E-state index contributed by atoms with van der Waals surface area (Å²) in [6.07, 6.45) is 2.67. The highest BCUT2D eigenvalue weighted by Gasteiger charge is 2.11. The van der Waals surface area contributed by atoms with E-state index in [9.17, 15) is 4.79 Å². The van der Waals surface area contributed by atoms with Gasteiger partial charge in [-0.1, -0.05) is 6.07 Å². The van der Waals surface area contributed by atoms with Gasteiger partial charge in [0.15, 0.2) is 0 Å². The molecule has 0 fully saturated rings. The van der Waals surface area contributed by atoms with Gasteiger partial charge in [-0.15, -0.1) is 0 Å². The van der Waals surface area contributed by atoms with Crippen LogP contribution in [0.25, 0.3) is 6.08 Å². The summed E-state index contributed by atoms with van der Waals surface area (Å²) in [7, 11) is 1.61. The van der Waals surface area contributed by atoms with Crippen molar-refractivity contribution in [3.05, 3.63) is 51.3 Å². The van der Waals surface area contributed by atoms with Crippen LogP contribution >= 0.6 is 15.9 Å². The normalized spacial score (nSPS) is 11.1. The number of aryl methyl sites for hydroxylation is 1. The van der Waals surface area contributed by atoms with Crippen LogP contribution in [0.5, 0.6) is 5.75 Å². The Balaban J connectivity index is 2.37. The van der Waals surface area contributed by atoms with Gasteiger partial charge < -0.3 is 9.84 Å². The lowest BCUT2D eigenvalue weighted by Gasteiger charge is -2.11. The first kappa shape index (κ1) is 16.3. The number of nitrogens with zero attached hydrogens (tertiary/aromatic N) is 2. The zero-order valence-electron chi connectivity index (χ0n) is 12.6. The third kappa shape index (κ3) is 3.57. The van der Waals surface area contributed by atoms with Gasteiger partial charge in [-0.25, -0.2) is 4.79 Å². The molecule has 0 amide bonds. The molecule has 0 saturated heterocycles. The molecule has 0 saturated carbocycles. The highest BCUT2D eigenvalue weighted by molar-refractivity contribution is 9.10. The fraction of sp³-hybridized carbons (Fsp3) is 0.250. The summed E-state index contributed by atoms with van der Waals surface area (Å²) < 4.78 is 8.27. The molecule has 0 radical (unpaired) electrons. The second kappa shape index (κ2) is 6.79. The first-order valence-corrected chi connectivity index (χ1v) is 7.49. The second-order valence-electron chi connectivity index (χ2n) is 4.89. The molecule has 2 rings (SSSR count). The van der Waals surface area contributed by atoms with Crippen LogP contribution in [0.3, 0.4) is 0 Å². The van der Waals surface area contributed by atoms with E-state index in [-0.39, 0.29) is 0 Å². The summed E-state index contributed by atoms with van der Waals surface area (Å²) in [5, 5.41) is 13.2. The molecule has 2 aromatic rings. The Hall–Kier alpha value is -2.08. The predicted molar refractivity (Wildman–Crippen MR) is 88.2 cm³/mol. The van der Waals surface area contributed by atoms with Crippen molar-refractivity contribution in [1.82, 2.24) is 9.78 Å². The SMILES string of the molecule is COc1ccc(/C=C/C(=O)O)cc1Cn1nc(C)c(Br)c1C. The number of hydrogen-bond acceptors (Lipinski definition) is 3. The van der Waals surface area contributed by atoms with Crippen molar-refractivity contribution in [2.75, 3.05) is 7.11 Å². The molecule has 1 aromatic carbocycles. The predicted octanol–water partition coefficient (Wildman–Crippen LogP) is 3.42. The molecule has 1 aromatic heterocycles. The number of carboxylic acids is 1. The maximum absolute atomic E-state index is 10.6. The highest BCUT2D eigenvalue weighted by atomic mass is 79.9. The first-order chi connectivity index (χ1) is 10.4. The first-order valence-electron chi connectivity index (χ1n) is 6.69. The van der Waals surface area contributed by atoms with Crippen molar-refractivity contribution in [1.29, 1.82) is 0 Å². The molecular weight excluding hydrogens is 348 g/mol. The van der Waals surface area contributed by atoms with Gasteiger partial charge in [0.2, 0.25) is 0 Å². The number of rotatable bonds is 5. The zero-order chi connectivity index (χ0) is 16.3. The average molecular weight is 365 g/mol. The molecule has 1 heterocycles. The zero-order valence-corrected chi connectivity index (χ0v) is 14.2. The molecule has 0 bridgehead atoms. The van der Waals surface area contributed by atoms with Gasteiger partial charge in [-0.2, -0.15) is 5.10 Å². The molecule has 6 heteroatoms. The number of hydrogen-bond donors (Lipinski definition) is 1. The lowest BCUT2D eigenvalue weighted by molar-refractivity contribution is -0.131. The van der Waals surface area contributed by atoms with Crippen molar-refractivity contribution in [3.8, 4) is 5.75 Å². The maximum Gasteiger partial charge on any atom is 0.328 e. The number of carboxylic acid groups (broad SMARTS) is 1. The summed E-state index contributed by atoms with van der Waals surface area (Å²) in [5.41, 5.74) is 3.70. The highest BCUT2D eigenvalue weighted by Crippen LogP contribution is 2.25. The summed E-state index contributed by atoms with van der Waals surface area (Å²) >= 11 is 3.51. The molecule has 0 spiro atoms. The third-order valence-corrected chi connectivity index (χ3v) is 4.48. The number of ether oxygens (including phenoxy) is 1. The Morgan fingerprint density at radius 3 is 2.73 bits per heavy atom. The summed E-state index contributed by atoms with van der Waals surface area (Å²) in [4.78, 5) is 10.6. The number of aromatic nitrogens is 2. The van der Waals surface area contributed by atoms with Gasteiger partial charge in [0.25, 0.3) is 0 Å². The van der Waals surface area contributed by atoms with Gasteiger partial charge in [0.1, 0.15) is 5.75 Å². The molecule has 116 valence electrons. The van der Waals surface area contributed by atoms with E-state index in [1.807, 2.05) is 36.7 Å². The van der Waals surface area contributed by atoms with Crippen LogP contribution in [0, 0.1) is 13.8 Å². The van der Waals surface area contributed by atoms with Crippen molar-refractivity contribution in [2.24, 2.45) is 0 Å². The molecule has 1 N–H and O–H groups in total. The maximum atomic E-state index is 10.6. The lowest BCUT2D eigenvalue weighted by atomic mass is 10.1. The monoisotopic (exact) mass is 364 g/mol. The van der Waals surface area contributed by atoms with Gasteiger partial charge in [-0.05, 0) is 53.5 Å².